The van der Waals surface area contributed by atoms with Gasteiger partial charge in [-0.1, -0.05) is 12.1 Å². The summed E-state index contributed by atoms with van der Waals surface area (Å²) in [6, 6.07) is 0. The Labute approximate surface area is 172 Å². The van der Waals surface area contributed by atoms with E-state index in [1.54, 1.807) is 11.9 Å². The minimum atomic E-state index is -0.239. The third kappa shape index (κ3) is 5.49. The van der Waals surface area contributed by atoms with Crippen LogP contribution in [-0.4, -0.2) is 73.4 Å². The van der Waals surface area contributed by atoms with Crippen molar-refractivity contribution >= 4 is 36.0 Å². The Balaban J connectivity index is 0.00000338. The van der Waals surface area contributed by atoms with E-state index in [0.717, 1.165) is 42.6 Å². The number of guanidine groups is 1. The molecule has 0 aromatic carbocycles. The molecule has 148 valence electrons. The number of rotatable bonds is 4. The first-order chi connectivity index (χ1) is 12.0. The number of carbonyl (C=O) groups is 1. The lowest BCUT2D eigenvalue weighted by Crippen LogP contribution is -2.54. The Kier molecular flexibility index (Phi) is 9.17. The van der Waals surface area contributed by atoms with Crippen LogP contribution in [0.2, 0.25) is 0 Å². The van der Waals surface area contributed by atoms with Gasteiger partial charge in [0.25, 0.3) is 0 Å². The summed E-state index contributed by atoms with van der Waals surface area (Å²) in [4.78, 5) is 20.1. The number of ether oxygens (including phenoxy) is 1. The van der Waals surface area contributed by atoms with Crippen LogP contribution in [0.4, 0.5) is 4.79 Å². The normalized spacial score (nSPS) is 16.1. The van der Waals surface area contributed by atoms with Crippen LogP contribution in [0.5, 0.6) is 0 Å². The summed E-state index contributed by atoms with van der Waals surface area (Å²) >= 11 is 0. The molecule has 1 saturated heterocycles. The molecule has 1 N–H and O–H groups in total. The monoisotopic (exact) mass is 479 g/mol. The molecule has 26 heavy (non-hydrogen) atoms. The van der Waals surface area contributed by atoms with E-state index in [0.29, 0.717) is 19.7 Å². The Morgan fingerprint density at radius 2 is 1.92 bits per heavy atom. The van der Waals surface area contributed by atoms with Gasteiger partial charge in [-0.25, -0.2) is 4.79 Å². The molecule has 8 nitrogen and oxygen atoms in total. The van der Waals surface area contributed by atoms with E-state index in [1.165, 1.54) is 0 Å². The van der Waals surface area contributed by atoms with Crippen molar-refractivity contribution in [2.24, 2.45) is 4.99 Å². The molecule has 1 aromatic heterocycles. The number of nitrogens with zero attached hydrogens (tertiary/aromatic N) is 4. The lowest BCUT2D eigenvalue weighted by molar-refractivity contribution is 0.0914. The number of carbonyl (C=O) groups excluding carboxylic acids is 1. The second-order valence-corrected chi connectivity index (χ2v) is 6.24. The van der Waals surface area contributed by atoms with Crippen molar-refractivity contribution in [2.75, 3.05) is 46.4 Å². The smallest absolute Gasteiger partial charge is 0.409 e. The van der Waals surface area contributed by atoms with E-state index in [2.05, 4.69) is 27.3 Å². The first kappa shape index (κ1) is 22.5. The summed E-state index contributed by atoms with van der Waals surface area (Å²) in [6.07, 6.45) is -0.239. The van der Waals surface area contributed by atoms with Crippen LogP contribution < -0.4 is 5.32 Å². The highest BCUT2D eigenvalue weighted by molar-refractivity contribution is 14.0. The second kappa shape index (κ2) is 10.6. The Morgan fingerprint density at radius 3 is 2.42 bits per heavy atom. The first-order valence-corrected chi connectivity index (χ1v) is 8.78. The number of aromatic nitrogens is 1. The fraction of sp³-hybridized carbons (Fsp3) is 0.706. The molecule has 1 fully saturated rings. The lowest BCUT2D eigenvalue weighted by atomic mass is 10.00. The van der Waals surface area contributed by atoms with Crippen LogP contribution in [-0.2, 0) is 4.74 Å². The molecule has 0 aliphatic carbocycles. The van der Waals surface area contributed by atoms with Gasteiger partial charge in [-0.05, 0) is 20.8 Å². The van der Waals surface area contributed by atoms with Gasteiger partial charge in [0.2, 0.25) is 0 Å². The van der Waals surface area contributed by atoms with Gasteiger partial charge in [0, 0.05) is 51.3 Å². The molecule has 2 heterocycles. The number of halogens is 1. The highest BCUT2D eigenvalue weighted by Crippen LogP contribution is 2.22. The summed E-state index contributed by atoms with van der Waals surface area (Å²) < 4.78 is 10.3. The van der Waals surface area contributed by atoms with Gasteiger partial charge >= 0.3 is 6.09 Å². The van der Waals surface area contributed by atoms with Crippen molar-refractivity contribution in [3.63, 3.8) is 0 Å². The molecule has 1 amide bonds. The molecular formula is C17H30IN5O3. The van der Waals surface area contributed by atoms with Crippen molar-refractivity contribution in [1.29, 1.82) is 0 Å². The largest absolute Gasteiger partial charge is 0.450 e. The minimum Gasteiger partial charge on any atom is -0.450 e. The van der Waals surface area contributed by atoms with Gasteiger partial charge in [0.1, 0.15) is 5.76 Å². The lowest BCUT2D eigenvalue weighted by Gasteiger charge is -2.36. The summed E-state index contributed by atoms with van der Waals surface area (Å²) in [5.41, 5.74) is 2.08. The summed E-state index contributed by atoms with van der Waals surface area (Å²) in [5, 5.41) is 7.44. The molecule has 0 saturated carbocycles. The van der Waals surface area contributed by atoms with Gasteiger partial charge < -0.3 is 24.4 Å². The maximum Gasteiger partial charge on any atom is 0.409 e. The average molecular weight is 479 g/mol. The molecule has 0 radical (unpaired) electrons. The summed E-state index contributed by atoms with van der Waals surface area (Å²) in [6.45, 7) is 11.8. The zero-order valence-electron chi connectivity index (χ0n) is 16.2. The van der Waals surface area contributed by atoms with Crippen LogP contribution in [0.1, 0.15) is 36.8 Å². The Bertz CT molecular complexity index is 592. The third-order valence-corrected chi connectivity index (χ3v) is 4.46. The fourth-order valence-electron chi connectivity index (χ4n) is 3.19. The molecule has 1 unspecified atom stereocenters. The highest BCUT2D eigenvalue weighted by Gasteiger charge is 2.24. The zero-order chi connectivity index (χ0) is 18.4. The van der Waals surface area contributed by atoms with Gasteiger partial charge in [-0.3, -0.25) is 4.99 Å². The maximum absolute atomic E-state index is 11.8. The molecule has 2 rings (SSSR count). The van der Waals surface area contributed by atoms with Crippen LogP contribution in [0.25, 0.3) is 0 Å². The topological polar surface area (TPSA) is 83.2 Å². The van der Waals surface area contributed by atoms with E-state index in [1.807, 2.05) is 20.8 Å². The summed E-state index contributed by atoms with van der Waals surface area (Å²) in [7, 11) is 1.78. The van der Waals surface area contributed by atoms with Crippen LogP contribution in [0.3, 0.4) is 0 Å². The van der Waals surface area contributed by atoms with E-state index < -0.39 is 0 Å². The van der Waals surface area contributed by atoms with Gasteiger partial charge in [-0.2, -0.15) is 0 Å². The second-order valence-electron chi connectivity index (χ2n) is 6.24. The van der Waals surface area contributed by atoms with Crippen molar-refractivity contribution in [2.45, 2.75) is 33.6 Å². The van der Waals surface area contributed by atoms with E-state index in [4.69, 9.17) is 9.26 Å². The number of piperazine rings is 1. The van der Waals surface area contributed by atoms with Crippen LogP contribution in [0.15, 0.2) is 9.52 Å². The van der Waals surface area contributed by atoms with Crippen molar-refractivity contribution in [3.8, 4) is 0 Å². The number of hydrogen-bond donors (Lipinski definition) is 1. The number of nitrogens with one attached hydrogen (secondary N) is 1. The molecule has 0 bridgehead atoms. The van der Waals surface area contributed by atoms with Crippen molar-refractivity contribution in [3.05, 3.63) is 17.0 Å². The van der Waals surface area contributed by atoms with Crippen molar-refractivity contribution < 1.29 is 14.1 Å². The first-order valence-electron chi connectivity index (χ1n) is 8.78. The Morgan fingerprint density at radius 1 is 1.31 bits per heavy atom. The van der Waals surface area contributed by atoms with Crippen LogP contribution in [0, 0.1) is 13.8 Å². The molecule has 1 aliphatic heterocycles. The fourth-order valence-corrected chi connectivity index (χ4v) is 3.19. The third-order valence-electron chi connectivity index (χ3n) is 4.46. The zero-order valence-corrected chi connectivity index (χ0v) is 18.6. The molecular weight excluding hydrogens is 449 g/mol. The predicted octanol–water partition coefficient (Wildman–Crippen LogP) is 2.36. The van der Waals surface area contributed by atoms with Gasteiger partial charge in [-0.15, -0.1) is 24.0 Å². The number of aryl methyl sites for hydroxylation is 2. The van der Waals surface area contributed by atoms with E-state index >= 15 is 0 Å². The molecule has 1 atom stereocenters. The van der Waals surface area contributed by atoms with Gasteiger partial charge in [0.05, 0.1) is 12.3 Å². The molecule has 1 aliphatic rings. The maximum atomic E-state index is 11.8. The standard InChI is InChI=1S/C17H29N5O3.HI/c1-6-24-17(23)22-9-7-21(8-10-22)16(18-5)19-11-12(2)15-13(3)20-25-14(15)4;/h12H,6-11H2,1-5H3,(H,18,19);1H. The summed E-state index contributed by atoms with van der Waals surface area (Å²) in [5.74, 6) is 1.98. The number of aliphatic imine (C=N–C) groups is 1. The SMILES string of the molecule is CCOC(=O)N1CCN(C(=NC)NCC(C)c2c(C)noc2C)CC1.I. The quantitative estimate of drug-likeness (QED) is 0.406. The predicted molar refractivity (Wildman–Crippen MR) is 111 cm³/mol. The Hall–Kier alpha value is -1.52. The highest BCUT2D eigenvalue weighted by atomic mass is 127. The molecule has 1 aromatic rings. The van der Waals surface area contributed by atoms with E-state index in [-0.39, 0.29) is 36.0 Å². The average Bonchev–Trinajstić information content (AvgIpc) is 2.94. The molecule has 9 heteroatoms. The minimum absolute atomic E-state index is 0. The molecule has 0 spiro atoms. The number of amides is 1. The van der Waals surface area contributed by atoms with Gasteiger partial charge in [0.15, 0.2) is 5.96 Å². The van der Waals surface area contributed by atoms with E-state index in [9.17, 15) is 4.79 Å². The van der Waals surface area contributed by atoms with Crippen molar-refractivity contribution in [1.82, 2.24) is 20.3 Å². The number of hydrogen-bond acceptors (Lipinski definition) is 5. The van der Waals surface area contributed by atoms with Crippen LogP contribution >= 0.6 is 24.0 Å².